The van der Waals surface area contributed by atoms with Gasteiger partial charge in [-0.15, -0.1) is 0 Å². The van der Waals surface area contributed by atoms with Crippen molar-refractivity contribution < 1.29 is 14.3 Å². The number of rotatable bonds is 3. The molecule has 1 amide bonds. The number of ether oxygens (including phenoxy) is 1. The van der Waals surface area contributed by atoms with E-state index in [1.165, 1.54) is 7.11 Å². The molecule has 0 saturated heterocycles. The van der Waals surface area contributed by atoms with Gasteiger partial charge in [0.2, 0.25) is 5.91 Å². The van der Waals surface area contributed by atoms with E-state index in [4.69, 9.17) is 10.5 Å². The summed E-state index contributed by atoms with van der Waals surface area (Å²) in [5.41, 5.74) is 5.52. The zero-order valence-corrected chi connectivity index (χ0v) is 14.2. The fourth-order valence-electron chi connectivity index (χ4n) is 5.02. The highest BCUT2D eigenvalue weighted by Crippen LogP contribution is 2.76. The number of nitrogens with two attached hydrogens (primary N) is 1. The van der Waals surface area contributed by atoms with Crippen LogP contribution < -0.4 is 5.73 Å². The number of amides is 1. The lowest BCUT2D eigenvalue weighted by Crippen LogP contribution is -2.53. The quantitative estimate of drug-likeness (QED) is 0.496. The Labute approximate surface area is 142 Å². The Morgan fingerprint density at radius 2 is 2.09 bits per heavy atom. The van der Waals surface area contributed by atoms with Crippen molar-refractivity contribution in [2.75, 3.05) is 7.11 Å². The lowest BCUT2D eigenvalue weighted by atomic mass is 9.63. The van der Waals surface area contributed by atoms with Crippen LogP contribution in [-0.4, -0.2) is 24.0 Å². The van der Waals surface area contributed by atoms with Crippen molar-refractivity contribution in [3.63, 3.8) is 0 Å². The Morgan fingerprint density at radius 3 is 2.61 bits per heavy atom. The number of nitrogens with zero attached hydrogens (tertiary/aromatic N) is 1. The molecule has 4 atom stereocenters. The Balaban J connectivity index is 1.96. The Morgan fingerprint density at radius 1 is 1.35 bits per heavy atom. The van der Waals surface area contributed by atoms with Crippen molar-refractivity contribution in [1.29, 1.82) is 0 Å². The van der Waals surface area contributed by atoms with Crippen LogP contribution in [0, 0.1) is 23.2 Å². The smallest absolute Gasteiger partial charge is 0.310 e. The third kappa shape index (κ3) is 1.65. The van der Waals surface area contributed by atoms with Gasteiger partial charge in [0.05, 0.1) is 18.4 Å². The lowest BCUT2D eigenvalue weighted by Gasteiger charge is -2.38. The van der Waals surface area contributed by atoms with E-state index in [0.29, 0.717) is 10.2 Å². The summed E-state index contributed by atoms with van der Waals surface area (Å²) in [6, 6.07) is 3.62. The van der Waals surface area contributed by atoms with Gasteiger partial charge in [-0.05, 0) is 51.7 Å². The molecule has 120 valence electrons. The highest BCUT2D eigenvalue weighted by molar-refractivity contribution is 9.10. The number of halogens is 1. The van der Waals surface area contributed by atoms with E-state index in [-0.39, 0.29) is 23.2 Å². The van der Waals surface area contributed by atoms with Crippen LogP contribution >= 0.6 is 15.9 Å². The minimum absolute atomic E-state index is 0.0103. The largest absolute Gasteiger partial charge is 0.469 e. The number of esters is 1. The molecule has 2 N–H and O–H groups in total. The highest BCUT2D eigenvalue weighted by Gasteiger charge is 2.77. The van der Waals surface area contributed by atoms with Crippen LogP contribution in [0.5, 0.6) is 0 Å². The van der Waals surface area contributed by atoms with Crippen LogP contribution in [0.4, 0.5) is 0 Å². The van der Waals surface area contributed by atoms with Gasteiger partial charge in [0.25, 0.3) is 0 Å². The summed E-state index contributed by atoms with van der Waals surface area (Å²) in [5, 5.41) is 0. The Bertz CT molecular complexity index is 726. The van der Waals surface area contributed by atoms with Crippen LogP contribution in [0.3, 0.4) is 0 Å². The maximum absolute atomic E-state index is 12.7. The fraction of sp³-hybridized carbons (Fsp3) is 0.471. The van der Waals surface area contributed by atoms with Crippen LogP contribution in [0.15, 0.2) is 35.1 Å². The van der Waals surface area contributed by atoms with Gasteiger partial charge >= 0.3 is 5.97 Å². The van der Waals surface area contributed by atoms with Crippen LogP contribution in [0.1, 0.15) is 18.4 Å². The molecular formula is C17H17BrN2O3. The molecule has 0 aliphatic heterocycles. The molecule has 4 rings (SSSR count). The second kappa shape index (κ2) is 4.66. The zero-order valence-electron chi connectivity index (χ0n) is 12.7. The predicted octanol–water partition coefficient (Wildman–Crippen LogP) is 1.95. The summed E-state index contributed by atoms with van der Waals surface area (Å²) < 4.78 is 5.72. The van der Waals surface area contributed by atoms with E-state index >= 15 is 0 Å². The average Bonchev–Trinajstić information content (AvgIpc) is 3.21. The van der Waals surface area contributed by atoms with Gasteiger partial charge in [-0.25, -0.2) is 4.98 Å². The second-order valence-corrected chi connectivity index (χ2v) is 7.54. The molecule has 0 unspecified atom stereocenters. The number of methoxy groups -OCH3 is 1. The molecule has 1 aromatic heterocycles. The number of allylic oxidation sites excluding steroid dienone is 2. The Hall–Kier alpha value is -1.69. The van der Waals surface area contributed by atoms with Crippen molar-refractivity contribution in [1.82, 2.24) is 4.98 Å². The molecule has 1 heterocycles. The van der Waals surface area contributed by atoms with Crippen molar-refractivity contribution in [3.05, 3.63) is 40.6 Å². The maximum atomic E-state index is 12.7. The van der Waals surface area contributed by atoms with E-state index in [9.17, 15) is 9.59 Å². The van der Waals surface area contributed by atoms with Crippen LogP contribution in [0.25, 0.3) is 0 Å². The Kier molecular flexibility index (Phi) is 3.01. The molecule has 3 aliphatic carbocycles. The molecule has 2 fully saturated rings. The monoisotopic (exact) mass is 376 g/mol. The minimum Gasteiger partial charge on any atom is -0.469 e. The lowest BCUT2D eigenvalue weighted by molar-refractivity contribution is -0.152. The van der Waals surface area contributed by atoms with Crippen LogP contribution in [-0.2, 0) is 19.7 Å². The fourth-order valence-corrected chi connectivity index (χ4v) is 5.26. The minimum atomic E-state index is -1.07. The summed E-state index contributed by atoms with van der Waals surface area (Å²) >= 11 is 3.31. The molecule has 6 heteroatoms. The topological polar surface area (TPSA) is 82.3 Å². The van der Waals surface area contributed by atoms with Crippen molar-refractivity contribution in [2.45, 2.75) is 18.3 Å². The average molecular weight is 377 g/mol. The zero-order chi connectivity index (χ0) is 16.4. The number of carbonyl (C=O) groups excluding carboxylic acids is 2. The number of hydrogen-bond acceptors (Lipinski definition) is 4. The van der Waals surface area contributed by atoms with E-state index in [1.54, 1.807) is 12.3 Å². The second-order valence-electron chi connectivity index (χ2n) is 6.73. The first-order valence-corrected chi connectivity index (χ1v) is 8.46. The van der Waals surface area contributed by atoms with Gasteiger partial charge < -0.3 is 10.5 Å². The number of carbonyl (C=O) groups is 2. The number of pyridine rings is 1. The van der Waals surface area contributed by atoms with E-state index < -0.39 is 17.2 Å². The first kappa shape index (κ1) is 14.9. The molecular weight excluding hydrogens is 360 g/mol. The first-order chi connectivity index (χ1) is 11.0. The van der Waals surface area contributed by atoms with Crippen molar-refractivity contribution in [2.24, 2.45) is 28.9 Å². The van der Waals surface area contributed by atoms with Gasteiger partial charge in [-0.1, -0.05) is 18.2 Å². The molecule has 1 spiro atoms. The summed E-state index contributed by atoms with van der Waals surface area (Å²) in [5.74, 6) is -1.47. The summed E-state index contributed by atoms with van der Waals surface area (Å²) in [6.45, 7) is 0. The standard InChI is InChI=1S/C17H17BrN2O3/c1-23-14(21)13-10-3-4-11(16(10)6-7-16)17(13,15(19)22)9-2-5-12(18)20-8-9/h2-5,8,10-11,13H,6-7H2,1H3,(H2,19,22)/t10-,11+,13+,17-/m1/s1. The highest BCUT2D eigenvalue weighted by atomic mass is 79.9. The molecule has 23 heavy (non-hydrogen) atoms. The summed E-state index contributed by atoms with van der Waals surface area (Å²) in [7, 11) is 1.36. The summed E-state index contributed by atoms with van der Waals surface area (Å²) in [6.07, 6.45) is 7.83. The molecule has 2 saturated carbocycles. The maximum Gasteiger partial charge on any atom is 0.310 e. The van der Waals surface area contributed by atoms with E-state index in [0.717, 1.165) is 12.8 Å². The first-order valence-electron chi connectivity index (χ1n) is 7.66. The number of primary amides is 1. The SMILES string of the molecule is COC(=O)[C@@H]1[C@H]2C=C[C@@H](C23CC3)[C@]1(C(N)=O)c1ccc(Br)nc1. The van der Waals surface area contributed by atoms with Gasteiger partial charge in [0.1, 0.15) is 4.60 Å². The number of hydrogen-bond donors (Lipinski definition) is 1. The van der Waals surface area contributed by atoms with Gasteiger partial charge in [0.15, 0.2) is 0 Å². The third-order valence-electron chi connectivity index (χ3n) is 6.03. The molecule has 0 aromatic carbocycles. The van der Waals surface area contributed by atoms with Crippen molar-refractivity contribution in [3.8, 4) is 0 Å². The predicted molar refractivity (Wildman–Crippen MR) is 86.1 cm³/mol. The normalized spacial score (nSPS) is 35.5. The molecule has 0 radical (unpaired) electrons. The molecule has 5 nitrogen and oxygen atoms in total. The van der Waals surface area contributed by atoms with Gasteiger partial charge in [0, 0.05) is 12.1 Å². The van der Waals surface area contributed by atoms with E-state index in [2.05, 4.69) is 33.1 Å². The van der Waals surface area contributed by atoms with Crippen molar-refractivity contribution >= 4 is 27.8 Å². The molecule has 1 aromatic rings. The number of aromatic nitrogens is 1. The third-order valence-corrected chi connectivity index (χ3v) is 6.50. The molecule has 2 bridgehead atoms. The molecule has 3 aliphatic rings. The van der Waals surface area contributed by atoms with Crippen LogP contribution in [0.2, 0.25) is 0 Å². The van der Waals surface area contributed by atoms with E-state index in [1.807, 2.05) is 6.07 Å². The van der Waals surface area contributed by atoms with Gasteiger partial charge in [-0.3, -0.25) is 9.59 Å². The van der Waals surface area contributed by atoms with Gasteiger partial charge in [-0.2, -0.15) is 0 Å². The summed E-state index contributed by atoms with van der Waals surface area (Å²) in [4.78, 5) is 29.5.